The standard InChI is InChI=1S/C67H133NO5/c1-3-5-7-9-11-13-15-17-18-19-20-21-22-24-27-30-33-36-39-43-47-51-55-59-65(70)64(63-69)68-66(71)60-56-52-48-44-40-37-34-31-28-25-23-26-29-32-35-38-42-46-50-54-58-62-73-67(72)61-57-53-49-45-41-16-14-12-10-8-6-4-2/h64-65,69-70H,3-63H2,1-2H3,(H,68,71). The number of aliphatic hydroxyl groups is 2. The van der Waals surface area contributed by atoms with Crippen LogP contribution in [0.2, 0.25) is 0 Å². The van der Waals surface area contributed by atoms with Gasteiger partial charge in [0.25, 0.3) is 0 Å². The molecule has 0 spiro atoms. The lowest BCUT2D eigenvalue weighted by Gasteiger charge is -2.22. The highest BCUT2D eigenvalue weighted by atomic mass is 16.5. The maximum absolute atomic E-state index is 12.5. The smallest absolute Gasteiger partial charge is 0.305 e. The van der Waals surface area contributed by atoms with Crippen LogP contribution in [0.15, 0.2) is 0 Å². The molecular weight excluding hydrogens is 899 g/mol. The summed E-state index contributed by atoms with van der Waals surface area (Å²) >= 11 is 0. The Morgan fingerprint density at radius 3 is 0.836 bits per heavy atom. The molecule has 0 aromatic rings. The number of carbonyl (C=O) groups is 2. The van der Waals surface area contributed by atoms with Crippen LogP contribution >= 0.6 is 0 Å². The first kappa shape index (κ1) is 71.9. The molecule has 3 N–H and O–H groups in total. The summed E-state index contributed by atoms with van der Waals surface area (Å²) in [5, 5.41) is 23.4. The van der Waals surface area contributed by atoms with E-state index in [-0.39, 0.29) is 18.5 Å². The Labute approximate surface area is 457 Å². The highest BCUT2D eigenvalue weighted by molar-refractivity contribution is 5.76. The van der Waals surface area contributed by atoms with E-state index in [1.807, 2.05) is 0 Å². The highest BCUT2D eigenvalue weighted by Crippen LogP contribution is 2.19. The van der Waals surface area contributed by atoms with E-state index >= 15 is 0 Å². The van der Waals surface area contributed by atoms with Crippen molar-refractivity contribution in [1.82, 2.24) is 5.32 Å². The largest absolute Gasteiger partial charge is 0.466 e. The third-order valence-electron chi connectivity index (χ3n) is 16.2. The Hall–Kier alpha value is -1.14. The topological polar surface area (TPSA) is 95.9 Å². The zero-order valence-corrected chi connectivity index (χ0v) is 49.9. The molecule has 6 heteroatoms. The Kier molecular flexibility index (Phi) is 62.4. The SMILES string of the molecule is CCCCCCCCCCCCCCCCCCCCCCCCCC(O)C(CO)NC(=O)CCCCCCCCCCCCCCCCCCCCCCCOC(=O)CCCCCCCCCCCCCC. The number of carbonyl (C=O) groups excluding carboxylic acids is 2. The van der Waals surface area contributed by atoms with Gasteiger partial charge in [-0.2, -0.15) is 0 Å². The molecule has 2 atom stereocenters. The Morgan fingerprint density at radius 2 is 0.562 bits per heavy atom. The number of nitrogens with one attached hydrogen (secondary N) is 1. The Bertz CT molecular complexity index is 1050. The number of hydrogen-bond donors (Lipinski definition) is 3. The molecule has 0 heterocycles. The average molecular weight is 1030 g/mol. The summed E-state index contributed by atoms with van der Waals surface area (Å²) in [7, 11) is 0. The molecule has 73 heavy (non-hydrogen) atoms. The van der Waals surface area contributed by atoms with E-state index in [4.69, 9.17) is 4.74 Å². The molecular formula is C67H133NO5. The third-order valence-corrected chi connectivity index (χ3v) is 16.2. The van der Waals surface area contributed by atoms with Crippen LogP contribution in [0, 0.1) is 0 Å². The van der Waals surface area contributed by atoms with Gasteiger partial charge in [-0.25, -0.2) is 0 Å². The van der Waals surface area contributed by atoms with Gasteiger partial charge in [-0.1, -0.05) is 354 Å². The lowest BCUT2D eigenvalue weighted by molar-refractivity contribution is -0.143. The van der Waals surface area contributed by atoms with Crippen LogP contribution in [0.4, 0.5) is 0 Å². The van der Waals surface area contributed by atoms with Crippen LogP contribution in [0.1, 0.15) is 393 Å². The van der Waals surface area contributed by atoms with Crippen LogP contribution in [0.3, 0.4) is 0 Å². The zero-order valence-electron chi connectivity index (χ0n) is 49.9. The highest BCUT2D eigenvalue weighted by Gasteiger charge is 2.20. The molecule has 0 aliphatic heterocycles. The monoisotopic (exact) mass is 1030 g/mol. The van der Waals surface area contributed by atoms with E-state index in [0.717, 1.165) is 38.5 Å². The van der Waals surface area contributed by atoms with Gasteiger partial charge in [-0.15, -0.1) is 0 Å². The second kappa shape index (κ2) is 63.4. The fourth-order valence-electron chi connectivity index (χ4n) is 11.0. The third kappa shape index (κ3) is 60.0. The van der Waals surface area contributed by atoms with Crippen molar-refractivity contribution in [2.75, 3.05) is 13.2 Å². The summed E-state index contributed by atoms with van der Waals surface area (Å²) in [6.45, 7) is 4.99. The number of unbranched alkanes of at least 4 members (excludes halogenated alkanes) is 53. The van der Waals surface area contributed by atoms with Crippen LogP contribution < -0.4 is 5.32 Å². The molecule has 1 amide bonds. The van der Waals surface area contributed by atoms with Crippen molar-refractivity contribution in [3.63, 3.8) is 0 Å². The molecule has 2 unspecified atom stereocenters. The Balaban J connectivity index is 3.38. The molecule has 0 aliphatic carbocycles. The summed E-state index contributed by atoms with van der Waals surface area (Å²) in [6, 6.07) is -0.542. The number of esters is 1. The van der Waals surface area contributed by atoms with Gasteiger partial charge < -0.3 is 20.3 Å². The van der Waals surface area contributed by atoms with Gasteiger partial charge in [0, 0.05) is 12.8 Å². The van der Waals surface area contributed by atoms with Crippen molar-refractivity contribution >= 4 is 11.9 Å². The predicted octanol–water partition coefficient (Wildman–Crippen LogP) is 21.4. The molecule has 0 bridgehead atoms. The predicted molar refractivity (Wildman–Crippen MR) is 320 cm³/mol. The molecule has 0 aromatic carbocycles. The second-order valence-corrected chi connectivity index (χ2v) is 23.5. The van der Waals surface area contributed by atoms with Crippen LogP contribution in [-0.4, -0.2) is 47.4 Å². The minimum atomic E-state index is -0.665. The van der Waals surface area contributed by atoms with Crippen LogP contribution in [-0.2, 0) is 14.3 Å². The van der Waals surface area contributed by atoms with Crippen molar-refractivity contribution in [2.45, 2.75) is 405 Å². The molecule has 0 aromatic heterocycles. The lowest BCUT2D eigenvalue weighted by Crippen LogP contribution is -2.45. The molecule has 0 saturated carbocycles. The van der Waals surface area contributed by atoms with Crippen molar-refractivity contribution in [2.24, 2.45) is 0 Å². The summed E-state index contributed by atoms with van der Waals surface area (Å²) < 4.78 is 5.48. The van der Waals surface area contributed by atoms with E-state index < -0.39 is 12.1 Å². The summed E-state index contributed by atoms with van der Waals surface area (Å²) in [5.41, 5.74) is 0. The van der Waals surface area contributed by atoms with Gasteiger partial charge in [0.05, 0.1) is 25.4 Å². The Morgan fingerprint density at radius 1 is 0.329 bits per heavy atom. The van der Waals surface area contributed by atoms with E-state index in [0.29, 0.717) is 25.9 Å². The van der Waals surface area contributed by atoms with E-state index in [1.54, 1.807) is 0 Å². The zero-order chi connectivity index (χ0) is 52.9. The molecule has 6 nitrogen and oxygen atoms in total. The number of aliphatic hydroxyl groups excluding tert-OH is 2. The minimum Gasteiger partial charge on any atom is -0.466 e. The molecule has 0 fully saturated rings. The van der Waals surface area contributed by atoms with Crippen LogP contribution in [0.5, 0.6) is 0 Å². The number of rotatable bonds is 64. The fourth-order valence-corrected chi connectivity index (χ4v) is 11.0. The molecule has 0 aliphatic rings. The lowest BCUT2D eigenvalue weighted by atomic mass is 10.0. The first-order valence-corrected chi connectivity index (χ1v) is 33.8. The molecule has 0 saturated heterocycles. The van der Waals surface area contributed by atoms with Gasteiger partial charge in [0.2, 0.25) is 5.91 Å². The normalized spacial score (nSPS) is 12.4. The van der Waals surface area contributed by atoms with E-state index in [2.05, 4.69) is 19.2 Å². The summed E-state index contributed by atoms with van der Waals surface area (Å²) in [5.74, 6) is -0.0163. The van der Waals surface area contributed by atoms with Crippen molar-refractivity contribution in [1.29, 1.82) is 0 Å². The number of ether oxygens (including phenoxy) is 1. The molecule has 0 radical (unpaired) electrons. The minimum absolute atomic E-state index is 0.0142. The van der Waals surface area contributed by atoms with Gasteiger partial charge in [-0.05, 0) is 25.7 Å². The van der Waals surface area contributed by atoms with E-state index in [1.165, 1.54) is 321 Å². The first-order chi connectivity index (χ1) is 36.0. The number of amides is 1. The summed E-state index contributed by atoms with van der Waals surface area (Å²) in [4.78, 5) is 24.6. The molecule has 0 rings (SSSR count). The van der Waals surface area contributed by atoms with Crippen molar-refractivity contribution < 1.29 is 24.5 Å². The summed E-state index contributed by atoms with van der Waals surface area (Å²) in [6.07, 6.45) is 75.6. The quantitative estimate of drug-likeness (QED) is 0.0417. The average Bonchev–Trinajstić information content (AvgIpc) is 3.39. The maximum Gasteiger partial charge on any atom is 0.305 e. The maximum atomic E-state index is 12.5. The van der Waals surface area contributed by atoms with E-state index in [9.17, 15) is 19.8 Å². The fraction of sp³-hybridized carbons (Fsp3) is 0.970. The van der Waals surface area contributed by atoms with Gasteiger partial charge in [-0.3, -0.25) is 9.59 Å². The van der Waals surface area contributed by atoms with Crippen molar-refractivity contribution in [3.05, 3.63) is 0 Å². The number of hydrogen-bond acceptors (Lipinski definition) is 5. The molecule has 436 valence electrons. The van der Waals surface area contributed by atoms with Gasteiger partial charge in [0.1, 0.15) is 0 Å². The van der Waals surface area contributed by atoms with Crippen LogP contribution in [0.25, 0.3) is 0 Å². The van der Waals surface area contributed by atoms with Gasteiger partial charge in [0.15, 0.2) is 0 Å². The second-order valence-electron chi connectivity index (χ2n) is 23.5. The van der Waals surface area contributed by atoms with Crippen molar-refractivity contribution in [3.8, 4) is 0 Å². The first-order valence-electron chi connectivity index (χ1n) is 33.8. The van der Waals surface area contributed by atoms with Gasteiger partial charge >= 0.3 is 5.97 Å².